The molecule has 1 heterocycles. The van der Waals surface area contributed by atoms with Crippen LogP contribution in [0.15, 0.2) is 11.6 Å². The molecule has 0 aliphatic heterocycles. The highest BCUT2D eigenvalue weighted by Gasteiger charge is 2.05. The lowest BCUT2D eigenvalue weighted by Crippen LogP contribution is -2.20. The summed E-state index contributed by atoms with van der Waals surface area (Å²) in [6.45, 7) is 8.20. The summed E-state index contributed by atoms with van der Waals surface area (Å²) >= 11 is 1.70. The zero-order valence-corrected chi connectivity index (χ0v) is 11.2. The van der Waals surface area contributed by atoms with Crippen molar-refractivity contribution in [1.82, 2.24) is 10.3 Å². The summed E-state index contributed by atoms with van der Waals surface area (Å²) < 4.78 is 5.48. The normalized spacial score (nSPS) is 13.2. The molecule has 0 fully saturated rings. The van der Waals surface area contributed by atoms with Crippen molar-refractivity contribution in [2.45, 2.75) is 45.8 Å². The highest BCUT2D eigenvalue weighted by Crippen LogP contribution is 2.14. The standard InChI is InChI=1S/C12H22N2OS/c1-10(2)15-8-5-4-6-13-11(3)12-14-7-9-16-12/h7,9-11,13H,4-6,8H2,1-3H3. The van der Waals surface area contributed by atoms with E-state index in [1.54, 1.807) is 11.3 Å². The van der Waals surface area contributed by atoms with E-state index in [1.165, 1.54) is 5.01 Å². The Kier molecular flexibility index (Phi) is 6.61. The van der Waals surface area contributed by atoms with Gasteiger partial charge in [-0.25, -0.2) is 4.98 Å². The number of hydrogen-bond donors (Lipinski definition) is 1. The topological polar surface area (TPSA) is 34.1 Å². The van der Waals surface area contributed by atoms with Crippen LogP contribution in [0.3, 0.4) is 0 Å². The summed E-state index contributed by atoms with van der Waals surface area (Å²) in [5.74, 6) is 0. The molecule has 0 saturated heterocycles. The van der Waals surface area contributed by atoms with Gasteiger partial charge < -0.3 is 10.1 Å². The number of rotatable bonds is 8. The lowest BCUT2D eigenvalue weighted by molar-refractivity contribution is 0.0759. The van der Waals surface area contributed by atoms with E-state index >= 15 is 0 Å². The second-order valence-corrected chi connectivity index (χ2v) is 5.10. The van der Waals surface area contributed by atoms with E-state index in [9.17, 15) is 0 Å². The van der Waals surface area contributed by atoms with Gasteiger partial charge >= 0.3 is 0 Å². The number of aromatic nitrogens is 1. The van der Waals surface area contributed by atoms with Crippen molar-refractivity contribution in [3.05, 3.63) is 16.6 Å². The predicted octanol–water partition coefficient (Wildman–Crippen LogP) is 3.00. The molecule has 4 heteroatoms. The molecular formula is C12H22N2OS. The molecule has 1 atom stereocenters. The molecule has 0 bridgehead atoms. The van der Waals surface area contributed by atoms with Crippen molar-refractivity contribution < 1.29 is 4.74 Å². The van der Waals surface area contributed by atoms with Gasteiger partial charge in [0.25, 0.3) is 0 Å². The second-order valence-electron chi connectivity index (χ2n) is 4.17. The fraction of sp³-hybridized carbons (Fsp3) is 0.750. The molecule has 0 spiro atoms. The van der Waals surface area contributed by atoms with Gasteiger partial charge in [0.05, 0.1) is 12.1 Å². The molecule has 1 rings (SSSR count). The van der Waals surface area contributed by atoms with Crippen LogP contribution in [0.4, 0.5) is 0 Å². The Balaban J connectivity index is 1.99. The Labute approximate surface area is 102 Å². The maximum Gasteiger partial charge on any atom is 0.109 e. The van der Waals surface area contributed by atoms with E-state index in [4.69, 9.17) is 4.74 Å². The van der Waals surface area contributed by atoms with Crippen LogP contribution in [0.25, 0.3) is 0 Å². The zero-order chi connectivity index (χ0) is 11.8. The van der Waals surface area contributed by atoms with Gasteiger partial charge in [0, 0.05) is 18.2 Å². The molecule has 0 aliphatic carbocycles. The minimum atomic E-state index is 0.349. The molecule has 0 aliphatic rings. The van der Waals surface area contributed by atoms with Gasteiger partial charge in [-0.05, 0) is 40.2 Å². The fourth-order valence-electron chi connectivity index (χ4n) is 1.40. The monoisotopic (exact) mass is 242 g/mol. The molecule has 0 saturated carbocycles. The molecule has 1 aromatic heterocycles. The van der Waals surface area contributed by atoms with Gasteiger partial charge in [-0.2, -0.15) is 0 Å². The highest BCUT2D eigenvalue weighted by atomic mass is 32.1. The quantitative estimate of drug-likeness (QED) is 0.712. The molecule has 92 valence electrons. The minimum Gasteiger partial charge on any atom is -0.379 e. The Morgan fingerprint density at radius 3 is 2.81 bits per heavy atom. The van der Waals surface area contributed by atoms with Gasteiger partial charge in [-0.3, -0.25) is 0 Å². The van der Waals surface area contributed by atoms with Crippen LogP contribution in [0.2, 0.25) is 0 Å². The molecule has 16 heavy (non-hydrogen) atoms. The van der Waals surface area contributed by atoms with Gasteiger partial charge in [0.15, 0.2) is 0 Å². The van der Waals surface area contributed by atoms with Gasteiger partial charge in [-0.1, -0.05) is 0 Å². The van der Waals surface area contributed by atoms with E-state index in [-0.39, 0.29) is 0 Å². The van der Waals surface area contributed by atoms with E-state index in [1.807, 2.05) is 11.6 Å². The first kappa shape index (κ1) is 13.6. The molecule has 1 unspecified atom stereocenters. The minimum absolute atomic E-state index is 0.349. The van der Waals surface area contributed by atoms with Crippen LogP contribution in [0, 0.1) is 0 Å². The van der Waals surface area contributed by atoms with Crippen LogP contribution < -0.4 is 5.32 Å². The predicted molar refractivity (Wildman–Crippen MR) is 68.9 cm³/mol. The van der Waals surface area contributed by atoms with E-state index in [0.29, 0.717) is 12.1 Å². The summed E-state index contributed by atoms with van der Waals surface area (Å²) in [5, 5.41) is 6.65. The van der Waals surface area contributed by atoms with E-state index in [0.717, 1.165) is 26.0 Å². The maximum absolute atomic E-state index is 5.48. The summed E-state index contributed by atoms with van der Waals surface area (Å²) in [7, 11) is 0. The van der Waals surface area contributed by atoms with Gasteiger partial charge in [0.2, 0.25) is 0 Å². The smallest absolute Gasteiger partial charge is 0.109 e. The Morgan fingerprint density at radius 1 is 1.38 bits per heavy atom. The van der Waals surface area contributed by atoms with Crippen molar-refractivity contribution in [1.29, 1.82) is 0 Å². The summed E-state index contributed by atoms with van der Waals surface area (Å²) in [4.78, 5) is 4.29. The third kappa shape index (κ3) is 5.58. The maximum atomic E-state index is 5.48. The largest absolute Gasteiger partial charge is 0.379 e. The SMILES string of the molecule is CC(C)OCCCCNC(C)c1nccs1. The molecule has 0 aromatic carbocycles. The third-order valence-electron chi connectivity index (χ3n) is 2.29. The molecular weight excluding hydrogens is 220 g/mol. The van der Waals surface area contributed by atoms with Crippen molar-refractivity contribution in [2.75, 3.05) is 13.2 Å². The van der Waals surface area contributed by atoms with Crippen molar-refractivity contribution in [3.63, 3.8) is 0 Å². The number of nitrogens with one attached hydrogen (secondary N) is 1. The Bertz CT molecular complexity index is 262. The van der Waals surface area contributed by atoms with Crippen LogP contribution in [0.5, 0.6) is 0 Å². The van der Waals surface area contributed by atoms with Crippen LogP contribution in [-0.4, -0.2) is 24.2 Å². The van der Waals surface area contributed by atoms with Gasteiger partial charge in [-0.15, -0.1) is 11.3 Å². The lowest BCUT2D eigenvalue weighted by Gasteiger charge is -2.11. The van der Waals surface area contributed by atoms with E-state index in [2.05, 4.69) is 31.1 Å². The van der Waals surface area contributed by atoms with E-state index < -0.39 is 0 Å². The van der Waals surface area contributed by atoms with Crippen LogP contribution in [-0.2, 0) is 4.74 Å². The fourth-order valence-corrected chi connectivity index (χ4v) is 2.07. The average Bonchev–Trinajstić information content (AvgIpc) is 2.75. The number of ether oxygens (including phenoxy) is 1. The van der Waals surface area contributed by atoms with Crippen molar-refractivity contribution in [3.8, 4) is 0 Å². The first-order chi connectivity index (χ1) is 7.70. The molecule has 1 N–H and O–H groups in total. The van der Waals surface area contributed by atoms with Gasteiger partial charge in [0.1, 0.15) is 5.01 Å². The number of hydrogen-bond acceptors (Lipinski definition) is 4. The summed E-state index contributed by atoms with van der Waals surface area (Å²) in [6.07, 6.45) is 4.48. The number of nitrogens with zero attached hydrogens (tertiary/aromatic N) is 1. The summed E-state index contributed by atoms with van der Waals surface area (Å²) in [5.41, 5.74) is 0. The third-order valence-corrected chi connectivity index (χ3v) is 3.25. The zero-order valence-electron chi connectivity index (χ0n) is 10.4. The average molecular weight is 242 g/mol. The van der Waals surface area contributed by atoms with Crippen LogP contribution in [0.1, 0.15) is 44.7 Å². The first-order valence-corrected chi connectivity index (χ1v) is 6.82. The molecule has 0 radical (unpaired) electrons. The number of unbranched alkanes of at least 4 members (excludes halogenated alkanes) is 1. The van der Waals surface area contributed by atoms with Crippen molar-refractivity contribution >= 4 is 11.3 Å². The van der Waals surface area contributed by atoms with Crippen molar-refractivity contribution in [2.24, 2.45) is 0 Å². The first-order valence-electron chi connectivity index (χ1n) is 5.94. The second kappa shape index (κ2) is 7.76. The Morgan fingerprint density at radius 2 is 2.19 bits per heavy atom. The summed E-state index contributed by atoms with van der Waals surface area (Å²) in [6, 6.07) is 0.367. The Hall–Kier alpha value is -0.450. The highest BCUT2D eigenvalue weighted by molar-refractivity contribution is 7.09. The van der Waals surface area contributed by atoms with Crippen LogP contribution >= 0.6 is 11.3 Å². The molecule has 0 amide bonds. The number of thiazole rings is 1. The molecule has 3 nitrogen and oxygen atoms in total. The molecule has 1 aromatic rings. The lowest BCUT2D eigenvalue weighted by atomic mass is 10.3.